The summed E-state index contributed by atoms with van der Waals surface area (Å²) in [4.78, 5) is 25.5. The molecule has 154 valence electrons. The standard InChI is InChI=1S/C22H30N6O/c1-23-20-13-17(25-22(26-20)19-5-3-11-24-19)15-27(2)14-16-7-9-18(10-8-16)28-12-4-6-21(28)29/h7-10,13,19,24H,3-6,11-12,14-15H2,1-2H3,(H,23,25,26)/t19-/m0/s1. The molecule has 0 radical (unpaired) electrons. The van der Waals surface area contributed by atoms with Crippen LogP contribution in [0.2, 0.25) is 0 Å². The van der Waals surface area contributed by atoms with Gasteiger partial charge in [-0.3, -0.25) is 9.69 Å². The summed E-state index contributed by atoms with van der Waals surface area (Å²) in [6.07, 6.45) is 3.88. The Morgan fingerprint density at radius 2 is 2.03 bits per heavy atom. The summed E-state index contributed by atoms with van der Waals surface area (Å²) in [6, 6.07) is 10.6. The van der Waals surface area contributed by atoms with Crippen LogP contribution in [-0.2, 0) is 17.9 Å². The van der Waals surface area contributed by atoms with Crippen molar-refractivity contribution in [3.8, 4) is 0 Å². The number of nitrogens with zero attached hydrogens (tertiary/aromatic N) is 4. The molecule has 2 aliphatic rings. The average molecular weight is 395 g/mol. The lowest BCUT2D eigenvalue weighted by Gasteiger charge is -2.19. The average Bonchev–Trinajstić information content (AvgIpc) is 3.40. The monoisotopic (exact) mass is 394 g/mol. The normalized spacial score (nSPS) is 19.3. The fourth-order valence-electron chi connectivity index (χ4n) is 4.13. The zero-order chi connectivity index (χ0) is 20.2. The van der Waals surface area contributed by atoms with Crippen molar-refractivity contribution in [1.29, 1.82) is 0 Å². The van der Waals surface area contributed by atoms with Gasteiger partial charge in [-0.2, -0.15) is 0 Å². The molecule has 7 heteroatoms. The molecule has 7 nitrogen and oxygen atoms in total. The van der Waals surface area contributed by atoms with E-state index in [1.54, 1.807) is 0 Å². The molecule has 2 N–H and O–H groups in total. The van der Waals surface area contributed by atoms with E-state index in [1.165, 1.54) is 12.0 Å². The zero-order valence-corrected chi connectivity index (χ0v) is 17.3. The third kappa shape index (κ3) is 4.74. The predicted octanol–water partition coefficient (Wildman–Crippen LogP) is 2.70. The largest absolute Gasteiger partial charge is 0.373 e. The van der Waals surface area contributed by atoms with Crippen LogP contribution >= 0.6 is 0 Å². The summed E-state index contributed by atoms with van der Waals surface area (Å²) in [5.41, 5.74) is 3.25. The van der Waals surface area contributed by atoms with Crippen molar-refractivity contribution >= 4 is 17.4 Å². The van der Waals surface area contributed by atoms with Crippen molar-refractivity contribution in [2.75, 3.05) is 37.4 Å². The van der Waals surface area contributed by atoms with Crippen LogP contribution in [0.1, 0.15) is 48.8 Å². The molecule has 2 aromatic rings. The Hall–Kier alpha value is -2.51. The van der Waals surface area contributed by atoms with Gasteiger partial charge in [0.05, 0.1) is 11.7 Å². The molecule has 2 saturated heterocycles. The Labute approximate surface area is 172 Å². The smallest absolute Gasteiger partial charge is 0.227 e. The zero-order valence-electron chi connectivity index (χ0n) is 17.3. The van der Waals surface area contributed by atoms with Crippen LogP contribution in [-0.4, -0.2) is 48.0 Å². The predicted molar refractivity (Wildman–Crippen MR) is 115 cm³/mol. The van der Waals surface area contributed by atoms with Crippen LogP contribution in [0.25, 0.3) is 0 Å². The highest BCUT2D eigenvalue weighted by Gasteiger charge is 2.22. The second-order valence-corrected chi connectivity index (χ2v) is 7.99. The molecule has 1 amide bonds. The van der Waals surface area contributed by atoms with Crippen molar-refractivity contribution in [1.82, 2.24) is 20.2 Å². The number of hydrogen-bond donors (Lipinski definition) is 2. The number of aromatic nitrogens is 2. The summed E-state index contributed by atoms with van der Waals surface area (Å²) in [5, 5.41) is 6.64. The Balaban J connectivity index is 1.40. The quantitative estimate of drug-likeness (QED) is 0.752. The van der Waals surface area contributed by atoms with Gasteiger partial charge >= 0.3 is 0 Å². The first-order valence-electron chi connectivity index (χ1n) is 10.5. The number of hydrogen-bond acceptors (Lipinski definition) is 6. The maximum Gasteiger partial charge on any atom is 0.227 e. The van der Waals surface area contributed by atoms with E-state index in [0.29, 0.717) is 6.42 Å². The number of carbonyl (C=O) groups is 1. The number of rotatable bonds is 7. The summed E-state index contributed by atoms with van der Waals surface area (Å²) in [6.45, 7) is 3.44. The molecule has 0 saturated carbocycles. The van der Waals surface area contributed by atoms with Crippen molar-refractivity contribution in [2.24, 2.45) is 0 Å². The molecule has 0 aliphatic carbocycles. The van der Waals surface area contributed by atoms with Gasteiger partial charge in [-0.15, -0.1) is 0 Å². The second kappa shape index (κ2) is 8.88. The fourth-order valence-corrected chi connectivity index (χ4v) is 4.13. The minimum absolute atomic E-state index is 0.228. The molecule has 0 bridgehead atoms. The number of nitrogens with one attached hydrogen (secondary N) is 2. The lowest BCUT2D eigenvalue weighted by Crippen LogP contribution is -2.23. The molecule has 1 aromatic heterocycles. The van der Waals surface area contributed by atoms with E-state index in [-0.39, 0.29) is 11.9 Å². The first-order chi connectivity index (χ1) is 14.1. The van der Waals surface area contributed by atoms with Crippen molar-refractivity contribution in [2.45, 2.75) is 44.8 Å². The SMILES string of the molecule is CNc1cc(CN(C)Cc2ccc(N3CCCC3=O)cc2)nc([C@@H]2CCCN2)n1. The van der Waals surface area contributed by atoms with Crippen LogP contribution in [0.3, 0.4) is 0 Å². The Kier molecular flexibility index (Phi) is 6.06. The molecular weight excluding hydrogens is 364 g/mol. The van der Waals surface area contributed by atoms with E-state index in [4.69, 9.17) is 4.98 Å². The number of benzene rings is 1. The molecule has 1 aromatic carbocycles. The van der Waals surface area contributed by atoms with Crippen LogP contribution in [0, 0.1) is 0 Å². The minimum atomic E-state index is 0.228. The molecule has 2 fully saturated rings. The third-order valence-corrected chi connectivity index (χ3v) is 5.63. The van der Waals surface area contributed by atoms with E-state index in [9.17, 15) is 4.79 Å². The third-order valence-electron chi connectivity index (χ3n) is 5.63. The molecule has 0 spiro atoms. The van der Waals surface area contributed by atoms with Gasteiger partial charge in [0.25, 0.3) is 0 Å². The van der Waals surface area contributed by atoms with Crippen LogP contribution < -0.4 is 15.5 Å². The summed E-state index contributed by atoms with van der Waals surface area (Å²) < 4.78 is 0. The molecule has 0 unspecified atom stereocenters. The van der Waals surface area contributed by atoms with Gasteiger partial charge in [-0.05, 0) is 50.6 Å². The molecule has 3 heterocycles. The maximum atomic E-state index is 11.9. The van der Waals surface area contributed by atoms with Gasteiger partial charge < -0.3 is 15.5 Å². The highest BCUT2D eigenvalue weighted by Crippen LogP contribution is 2.23. The second-order valence-electron chi connectivity index (χ2n) is 7.99. The van der Waals surface area contributed by atoms with Gasteiger partial charge in [0.15, 0.2) is 0 Å². The molecular formula is C22H30N6O. The molecule has 2 aliphatic heterocycles. The minimum Gasteiger partial charge on any atom is -0.373 e. The Morgan fingerprint density at radius 1 is 1.21 bits per heavy atom. The van der Waals surface area contributed by atoms with Gasteiger partial charge in [-0.25, -0.2) is 9.97 Å². The highest BCUT2D eigenvalue weighted by molar-refractivity contribution is 5.95. The van der Waals surface area contributed by atoms with Crippen LogP contribution in [0.15, 0.2) is 30.3 Å². The topological polar surface area (TPSA) is 73.4 Å². The maximum absolute atomic E-state index is 11.9. The molecule has 1 atom stereocenters. The Bertz CT molecular complexity index is 847. The summed E-state index contributed by atoms with van der Waals surface area (Å²) in [5.74, 6) is 1.98. The Morgan fingerprint density at radius 3 is 2.69 bits per heavy atom. The van der Waals surface area contributed by atoms with Gasteiger partial charge in [0, 0.05) is 44.9 Å². The van der Waals surface area contributed by atoms with Gasteiger partial charge in [0.2, 0.25) is 5.91 Å². The molecule has 4 rings (SSSR count). The van der Waals surface area contributed by atoms with Crippen molar-refractivity contribution in [3.05, 3.63) is 47.4 Å². The van der Waals surface area contributed by atoms with E-state index in [1.807, 2.05) is 18.0 Å². The lowest BCUT2D eigenvalue weighted by atomic mass is 10.2. The summed E-state index contributed by atoms with van der Waals surface area (Å²) >= 11 is 0. The first-order valence-corrected chi connectivity index (χ1v) is 10.5. The van der Waals surface area contributed by atoms with Crippen molar-refractivity contribution < 1.29 is 4.79 Å². The lowest BCUT2D eigenvalue weighted by molar-refractivity contribution is -0.117. The van der Waals surface area contributed by atoms with E-state index in [0.717, 1.165) is 62.0 Å². The number of anilines is 2. The summed E-state index contributed by atoms with van der Waals surface area (Å²) in [7, 11) is 4.00. The van der Waals surface area contributed by atoms with Gasteiger partial charge in [-0.1, -0.05) is 12.1 Å². The highest BCUT2D eigenvalue weighted by atomic mass is 16.2. The van der Waals surface area contributed by atoms with Crippen LogP contribution in [0.4, 0.5) is 11.5 Å². The number of carbonyl (C=O) groups excluding carboxylic acids is 1. The van der Waals surface area contributed by atoms with Crippen molar-refractivity contribution in [3.63, 3.8) is 0 Å². The number of amides is 1. The van der Waals surface area contributed by atoms with E-state index < -0.39 is 0 Å². The fraction of sp³-hybridized carbons (Fsp3) is 0.500. The van der Waals surface area contributed by atoms with Crippen LogP contribution in [0.5, 0.6) is 0 Å². The van der Waals surface area contributed by atoms with E-state index >= 15 is 0 Å². The first kappa shape index (κ1) is 19.8. The van der Waals surface area contributed by atoms with Gasteiger partial charge in [0.1, 0.15) is 11.6 Å². The molecule has 29 heavy (non-hydrogen) atoms. The van der Waals surface area contributed by atoms with E-state index in [2.05, 4.69) is 51.8 Å².